The van der Waals surface area contributed by atoms with Crippen LogP contribution >= 0.6 is 0 Å². The van der Waals surface area contributed by atoms with Crippen molar-refractivity contribution in [3.05, 3.63) is 83.2 Å². The molecular formula is C36H52F5N3O2. The maximum atomic E-state index is 14.0. The molecule has 1 aliphatic rings. The van der Waals surface area contributed by atoms with E-state index in [1.54, 1.807) is 32.9 Å². The average Bonchev–Trinajstić information content (AvgIpc) is 3.00. The summed E-state index contributed by atoms with van der Waals surface area (Å²) in [6.07, 6.45) is 3.90. The average molecular weight is 654 g/mol. The number of rotatable bonds is 14. The molecule has 3 unspecified atom stereocenters. The molecule has 5 nitrogen and oxygen atoms in total. The van der Waals surface area contributed by atoms with Crippen molar-refractivity contribution in [2.75, 3.05) is 33.2 Å². The van der Waals surface area contributed by atoms with Crippen molar-refractivity contribution in [2.24, 2.45) is 16.8 Å². The number of likely N-dealkylation sites (N-methyl/N-ethyl adjacent to an activating group) is 1. The van der Waals surface area contributed by atoms with Gasteiger partial charge in [0.15, 0.2) is 5.54 Å². The van der Waals surface area contributed by atoms with Gasteiger partial charge in [0, 0.05) is 20.1 Å². The highest BCUT2D eigenvalue weighted by Gasteiger charge is 2.44. The van der Waals surface area contributed by atoms with Crippen molar-refractivity contribution in [3.8, 4) is 0 Å². The smallest absolute Gasteiger partial charge is 0.390 e. The van der Waals surface area contributed by atoms with Crippen LogP contribution in [-0.2, 0) is 10.3 Å². The fraction of sp³-hybridized carbons (Fsp3) is 0.556. The van der Waals surface area contributed by atoms with E-state index in [1.807, 2.05) is 13.8 Å². The van der Waals surface area contributed by atoms with Crippen LogP contribution in [0.15, 0.2) is 76.9 Å². The Labute approximate surface area is 272 Å². The Morgan fingerprint density at radius 3 is 2.17 bits per heavy atom. The number of likely N-dealkylation sites (tertiary alicyclic amines) is 1. The number of halogens is 5. The highest BCUT2D eigenvalue weighted by Crippen LogP contribution is 2.37. The van der Waals surface area contributed by atoms with E-state index in [1.165, 1.54) is 67.4 Å². The van der Waals surface area contributed by atoms with Gasteiger partial charge in [-0.15, -0.1) is 0 Å². The number of allylic oxidation sites excluding steroid dienone is 6. The SMILES string of the molecule is C=NC(C(=O)N(C)CC(O)CN1CCC(C/C=C\C(=C/C(C)C)C(F)(F)F)CC1)(C(/C=C\C(C)F)=C/C)c1ccc(F)cc1.CC. The summed E-state index contributed by atoms with van der Waals surface area (Å²) in [6, 6.07) is 5.30. The van der Waals surface area contributed by atoms with Gasteiger partial charge in [0.1, 0.15) is 12.0 Å². The molecule has 0 radical (unpaired) electrons. The quantitative estimate of drug-likeness (QED) is 0.125. The molecule has 0 aliphatic carbocycles. The lowest BCUT2D eigenvalue weighted by Crippen LogP contribution is -2.49. The van der Waals surface area contributed by atoms with Gasteiger partial charge in [-0.3, -0.25) is 9.79 Å². The van der Waals surface area contributed by atoms with E-state index in [0.717, 1.165) is 12.8 Å². The second-order valence-electron chi connectivity index (χ2n) is 11.7. The number of aliphatic hydroxyl groups is 1. The molecule has 0 aromatic heterocycles. The zero-order chi connectivity index (χ0) is 35.1. The molecule has 3 atom stereocenters. The van der Waals surface area contributed by atoms with E-state index < -0.39 is 41.3 Å². The Kier molecular flexibility index (Phi) is 17.4. The molecule has 1 saturated heterocycles. The molecule has 1 heterocycles. The first-order valence-corrected chi connectivity index (χ1v) is 16.0. The number of amides is 1. The van der Waals surface area contributed by atoms with Crippen LogP contribution in [0.2, 0.25) is 0 Å². The third kappa shape index (κ3) is 12.2. The number of hydrogen-bond acceptors (Lipinski definition) is 4. The van der Waals surface area contributed by atoms with E-state index in [2.05, 4.69) is 16.6 Å². The number of carbonyl (C=O) groups excluding carboxylic acids is 1. The molecule has 1 aromatic rings. The van der Waals surface area contributed by atoms with Crippen molar-refractivity contribution in [2.45, 2.75) is 84.8 Å². The molecule has 1 aromatic carbocycles. The van der Waals surface area contributed by atoms with Gasteiger partial charge in [-0.2, -0.15) is 13.2 Å². The number of piperidine rings is 1. The summed E-state index contributed by atoms with van der Waals surface area (Å²) < 4.78 is 67.2. The first-order valence-electron chi connectivity index (χ1n) is 16.0. The molecule has 0 bridgehead atoms. The maximum absolute atomic E-state index is 14.0. The number of alkyl halides is 4. The van der Waals surface area contributed by atoms with Crippen LogP contribution < -0.4 is 0 Å². The predicted molar refractivity (Wildman–Crippen MR) is 178 cm³/mol. The van der Waals surface area contributed by atoms with Gasteiger partial charge in [-0.05, 0) is 88.0 Å². The van der Waals surface area contributed by atoms with Crippen molar-refractivity contribution in [3.63, 3.8) is 0 Å². The van der Waals surface area contributed by atoms with E-state index in [-0.39, 0.29) is 18.4 Å². The molecule has 46 heavy (non-hydrogen) atoms. The summed E-state index contributed by atoms with van der Waals surface area (Å²) in [5.74, 6) is -0.976. The minimum atomic E-state index is -4.38. The third-order valence-electron chi connectivity index (χ3n) is 7.69. The fourth-order valence-electron chi connectivity index (χ4n) is 5.44. The summed E-state index contributed by atoms with van der Waals surface area (Å²) in [4.78, 5) is 21.6. The number of β-amino-alcohol motifs (C(OH)–C–C–N with tert-alkyl or cyclic N) is 1. The standard InChI is InChI=1S/C34H46F5N3O2.C2H6/c1-7-27(12-11-25(4)35)33(40-5,28-13-15-30(36)16-14-28)32(44)41(6)22-31(43)23-42-19-17-26(18-20-42)9-8-10-29(21-24(2)3)34(37,38)39;1-2/h7-8,10-16,21,24-26,31,43H,5,9,17-20,22-23H2,1-4,6H3;1-2H3/b10-8-,12-11-,27-7+,29-21+;. The van der Waals surface area contributed by atoms with Crippen LogP contribution in [-0.4, -0.2) is 79.2 Å². The topological polar surface area (TPSA) is 56.1 Å². The summed E-state index contributed by atoms with van der Waals surface area (Å²) >= 11 is 0. The van der Waals surface area contributed by atoms with Gasteiger partial charge in [-0.1, -0.05) is 76.3 Å². The van der Waals surface area contributed by atoms with Crippen molar-refractivity contribution in [1.29, 1.82) is 0 Å². The lowest BCUT2D eigenvalue weighted by molar-refractivity contribution is -0.135. The van der Waals surface area contributed by atoms with Crippen LogP contribution in [0.3, 0.4) is 0 Å². The molecular weight excluding hydrogens is 601 g/mol. The van der Waals surface area contributed by atoms with Gasteiger partial charge in [0.05, 0.1) is 11.7 Å². The summed E-state index contributed by atoms with van der Waals surface area (Å²) in [6.45, 7) is 15.7. The molecule has 0 spiro atoms. The molecule has 258 valence electrons. The Morgan fingerprint density at radius 1 is 1.11 bits per heavy atom. The summed E-state index contributed by atoms with van der Waals surface area (Å²) in [7, 11) is 1.53. The third-order valence-corrected chi connectivity index (χ3v) is 7.69. The van der Waals surface area contributed by atoms with Crippen molar-refractivity contribution < 1.29 is 31.9 Å². The van der Waals surface area contributed by atoms with Crippen LogP contribution in [0.5, 0.6) is 0 Å². The molecule has 10 heteroatoms. The highest BCUT2D eigenvalue weighted by atomic mass is 19.4. The van der Waals surface area contributed by atoms with Crippen LogP contribution in [0.4, 0.5) is 22.0 Å². The zero-order valence-corrected chi connectivity index (χ0v) is 28.3. The highest BCUT2D eigenvalue weighted by molar-refractivity contribution is 5.93. The lowest BCUT2D eigenvalue weighted by atomic mass is 9.80. The number of carbonyl (C=O) groups is 1. The van der Waals surface area contributed by atoms with E-state index in [0.29, 0.717) is 37.2 Å². The predicted octanol–water partition coefficient (Wildman–Crippen LogP) is 8.23. The van der Waals surface area contributed by atoms with Crippen LogP contribution in [0, 0.1) is 17.7 Å². The normalized spacial score (nSPS) is 18.3. The van der Waals surface area contributed by atoms with Crippen LogP contribution in [0.25, 0.3) is 0 Å². The molecule has 1 fully saturated rings. The first-order chi connectivity index (χ1) is 21.6. The summed E-state index contributed by atoms with van der Waals surface area (Å²) in [5, 5.41) is 10.9. The minimum absolute atomic E-state index is 0.0252. The van der Waals surface area contributed by atoms with Gasteiger partial charge >= 0.3 is 6.18 Å². The fourth-order valence-corrected chi connectivity index (χ4v) is 5.44. The number of hydrogen-bond donors (Lipinski definition) is 1. The van der Waals surface area contributed by atoms with Gasteiger partial charge in [0.25, 0.3) is 5.91 Å². The first kappa shape index (κ1) is 40.9. The monoisotopic (exact) mass is 653 g/mol. The Balaban J connectivity index is 0.00000518. The van der Waals surface area contributed by atoms with Crippen LogP contribution in [0.1, 0.15) is 66.4 Å². The van der Waals surface area contributed by atoms with Gasteiger partial charge in [-0.25, -0.2) is 8.78 Å². The zero-order valence-electron chi connectivity index (χ0n) is 28.3. The number of nitrogens with zero attached hydrogens (tertiary/aromatic N) is 3. The molecule has 2 rings (SSSR count). The van der Waals surface area contributed by atoms with Gasteiger partial charge in [0.2, 0.25) is 0 Å². The van der Waals surface area contributed by atoms with E-state index in [9.17, 15) is 31.9 Å². The Hall–Kier alpha value is -3.11. The lowest BCUT2D eigenvalue weighted by Gasteiger charge is -2.36. The molecule has 1 aliphatic heterocycles. The number of benzene rings is 1. The largest absolute Gasteiger partial charge is 0.416 e. The second kappa shape index (κ2) is 19.5. The van der Waals surface area contributed by atoms with E-state index >= 15 is 0 Å². The molecule has 1 N–H and O–H groups in total. The second-order valence-corrected chi connectivity index (χ2v) is 11.7. The van der Waals surface area contributed by atoms with Crippen molar-refractivity contribution >= 4 is 12.6 Å². The maximum Gasteiger partial charge on any atom is 0.416 e. The summed E-state index contributed by atoms with van der Waals surface area (Å²) in [5.41, 5.74) is -1.61. The van der Waals surface area contributed by atoms with Crippen molar-refractivity contribution in [1.82, 2.24) is 9.80 Å². The Bertz CT molecular complexity index is 1200. The number of aliphatic hydroxyl groups excluding tert-OH is 1. The van der Waals surface area contributed by atoms with Gasteiger partial charge < -0.3 is 14.9 Å². The minimum Gasteiger partial charge on any atom is -0.390 e. The molecule has 0 saturated carbocycles. The molecule has 1 amide bonds. The Morgan fingerprint density at radius 2 is 1.70 bits per heavy atom. The number of aliphatic imine (C=N–C) groups is 1. The van der Waals surface area contributed by atoms with E-state index in [4.69, 9.17) is 0 Å².